The van der Waals surface area contributed by atoms with Crippen LogP contribution >= 0.6 is 0 Å². The number of rotatable bonds is 7. The summed E-state index contributed by atoms with van der Waals surface area (Å²) in [4.78, 5) is 2.42. The maximum absolute atomic E-state index is 13.1. The Morgan fingerprint density at radius 1 is 1.00 bits per heavy atom. The van der Waals surface area contributed by atoms with Crippen molar-refractivity contribution in [3.8, 4) is 11.5 Å². The molecule has 4 heteroatoms. The summed E-state index contributed by atoms with van der Waals surface area (Å²) in [7, 11) is 3.36. The van der Waals surface area contributed by atoms with Gasteiger partial charge in [-0.3, -0.25) is 4.90 Å². The zero-order valence-corrected chi connectivity index (χ0v) is 13.6. The molecule has 23 heavy (non-hydrogen) atoms. The van der Waals surface area contributed by atoms with E-state index >= 15 is 0 Å². The van der Waals surface area contributed by atoms with E-state index in [-0.39, 0.29) is 5.82 Å². The lowest BCUT2D eigenvalue weighted by molar-refractivity contribution is 0.241. The monoisotopic (exact) mass is 315 g/mol. The molecule has 1 fully saturated rings. The van der Waals surface area contributed by atoms with Crippen molar-refractivity contribution in [2.24, 2.45) is 0 Å². The fraction of sp³-hybridized carbons (Fsp3) is 0.368. The smallest absolute Gasteiger partial charge is 0.123 e. The lowest BCUT2D eigenvalue weighted by Crippen LogP contribution is -2.25. The van der Waals surface area contributed by atoms with E-state index in [1.165, 1.54) is 25.0 Å². The fourth-order valence-corrected chi connectivity index (χ4v) is 2.80. The van der Waals surface area contributed by atoms with Gasteiger partial charge < -0.3 is 9.47 Å². The first-order valence-corrected chi connectivity index (χ1v) is 7.89. The number of hydrogen-bond acceptors (Lipinski definition) is 3. The molecule has 3 rings (SSSR count). The average Bonchev–Trinajstić information content (AvgIpc) is 3.41. The van der Waals surface area contributed by atoms with Crippen molar-refractivity contribution < 1.29 is 13.9 Å². The van der Waals surface area contributed by atoms with Crippen molar-refractivity contribution >= 4 is 0 Å². The minimum absolute atomic E-state index is 0.193. The standard InChI is InChI=1S/C19H22FNO2/c1-22-18-9-10-19(23-2)15(11-18)13-21(17-7-8-17)12-14-3-5-16(20)6-4-14/h3-6,9-11,17H,7-8,12-13H2,1-2H3. The Morgan fingerprint density at radius 2 is 1.74 bits per heavy atom. The third kappa shape index (κ3) is 4.02. The fourth-order valence-electron chi connectivity index (χ4n) is 2.80. The van der Waals surface area contributed by atoms with E-state index in [1.807, 2.05) is 30.3 Å². The van der Waals surface area contributed by atoms with Gasteiger partial charge in [0.15, 0.2) is 0 Å². The number of ether oxygens (including phenoxy) is 2. The second kappa shape index (κ2) is 7.01. The topological polar surface area (TPSA) is 21.7 Å². The summed E-state index contributed by atoms with van der Waals surface area (Å²) in [6.45, 7) is 1.60. The summed E-state index contributed by atoms with van der Waals surface area (Å²) in [6, 6.07) is 13.2. The van der Waals surface area contributed by atoms with Crippen LogP contribution in [0.4, 0.5) is 4.39 Å². The Hall–Kier alpha value is -2.07. The van der Waals surface area contributed by atoms with Crippen LogP contribution in [0.25, 0.3) is 0 Å². The Labute approximate surface area is 136 Å². The lowest BCUT2D eigenvalue weighted by Gasteiger charge is -2.23. The quantitative estimate of drug-likeness (QED) is 0.770. The molecule has 122 valence electrons. The van der Waals surface area contributed by atoms with Gasteiger partial charge >= 0.3 is 0 Å². The molecule has 0 N–H and O–H groups in total. The van der Waals surface area contributed by atoms with Crippen LogP contribution in [0.1, 0.15) is 24.0 Å². The van der Waals surface area contributed by atoms with Crippen molar-refractivity contribution in [1.29, 1.82) is 0 Å². The van der Waals surface area contributed by atoms with Crippen LogP contribution in [-0.4, -0.2) is 25.2 Å². The zero-order valence-electron chi connectivity index (χ0n) is 13.6. The minimum atomic E-state index is -0.193. The predicted octanol–water partition coefficient (Wildman–Crippen LogP) is 4.01. The number of methoxy groups -OCH3 is 2. The summed E-state index contributed by atoms with van der Waals surface area (Å²) in [5, 5.41) is 0. The predicted molar refractivity (Wildman–Crippen MR) is 88.2 cm³/mol. The molecule has 0 aliphatic heterocycles. The van der Waals surface area contributed by atoms with Crippen LogP contribution in [-0.2, 0) is 13.1 Å². The number of nitrogens with zero attached hydrogens (tertiary/aromatic N) is 1. The van der Waals surface area contributed by atoms with Crippen molar-refractivity contribution in [1.82, 2.24) is 4.90 Å². The zero-order chi connectivity index (χ0) is 16.2. The molecular weight excluding hydrogens is 293 g/mol. The summed E-state index contributed by atoms with van der Waals surface area (Å²) in [5.74, 6) is 1.51. The van der Waals surface area contributed by atoms with Crippen LogP contribution in [0.3, 0.4) is 0 Å². The third-order valence-electron chi connectivity index (χ3n) is 4.22. The number of hydrogen-bond donors (Lipinski definition) is 0. The molecule has 2 aromatic rings. The molecule has 0 atom stereocenters. The molecule has 0 bridgehead atoms. The van der Waals surface area contributed by atoms with Gasteiger partial charge in [0.1, 0.15) is 17.3 Å². The Balaban J connectivity index is 1.78. The van der Waals surface area contributed by atoms with Gasteiger partial charge in [-0.15, -0.1) is 0 Å². The molecule has 0 amide bonds. The maximum atomic E-state index is 13.1. The molecular formula is C19H22FNO2. The molecule has 2 aromatic carbocycles. The molecule has 0 spiro atoms. The normalized spacial score (nSPS) is 14.1. The van der Waals surface area contributed by atoms with Crippen LogP contribution in [0.2, 0.25) is 0 Å². The molecule has 1 aliphatic carbocycles. The van der Waals surface area contributed by atoms with Crippen LogP contribution < -0.4 is 9.47 Å². The van der Waals surface area contributed by atoms with Gasteiger partial charge in [0.25, 0.3) is 0 Å². The highest BCUT2D eigenvalue weighted by molar-refractivity contribution is 5.40. The number of halogens is 1. The molecule has 1 saturated carbocycles. The van der Waals surface area contributed by atoms with E-state index in [2.05, 4.69) is 4.90 Å². The van der Waals surface area contributed by atoms with E-state index < -0.39 is 0 Å². The first-order chi connectivity index (χ1) is 11.2. The molecule has 1 aliphatic rings. The lowest BCUT2D eigenvalue weighted by atomic mass is 10.1. The van der Waals surface area contributed by atoms with Crippen molar-refractivity contribution in [2.75, 3.05) is 14.2 Å². The molecule has 0 aromatic heterocycles. The molecule has 0 heterocycles. The largest absolute Gasteiger partial charge is 0.497 e. The van der Waals surface area contributed by atoms with Crippen molar-refractivity contribution in [2.45, 2.75) is 32.0 Å². The summed E-state index contributed by atoms with van der Waals surface area (Å²) < 4.78 is 23.9. The van der Waals surface area contributed by atoms with Crippen LogP contribution in [0.5, 0.6) is 11.5 Å². The van der Waals surface area contributed by atoms with Gasteiger partial charge in [-0.2, -0.15) is 0 Å². The summed E-state index contributed by atoms with van der Waals surface area (Å²) in [6.07, 6.45) is 2.43. The molecule has 0 radical (unpaired) electrons. The Kier molecular flexibility index (Phi) is 4.82. The molecule has 0 saturated heterocycles. The highest BCUT2D eigenvalue weighted by atomic mass is 19.1. The van der Waals surface area contributed by atoms with E-state index in [4.69, 9.17) is 9.47 Å². The van der Waals surface area contributed by atoms with Crippen molar-refractivity contribution in [3.63, 3.8) is 0 Å². The first-order valence-electron chi connectivity index (χ1n) is 7.89. The Bertz CT molecular complexity index is 653. The van der Waals surface area contributed by atoms with E-state index in [9.17, 15) is 4.39 Å². The highest BCUT2D eigenvalue weighted by Gasteiger charge is 2.29. The van der Waals surface area contributed by atoms with Gasteiger partial charge in [-0.25, -0.2) is 4.39 Å². The van der Waals surface area contributed by atoms with Gasteiger partial charge in [0.05, 0.1) is 14.2 Å². The second-order valence-corrected chi connectivity index (χ2v) is 5.94. The van der Waals surface area contributed by atoms with Crippen LogP contribution in [0, 0.1) is 5.82 Å². The van der Waals surface area contributed by atoms with E-state index in [0.29, 0.717) is 6.04 Å². The second-order valence-electron chi connectivity index (χ2n) is 5.94. The summed E-state index contributed by atoms with van der Waals surface area (Å²) in [5.41, 5.74) is 2.24. The van der Waals surface area contributed by atoms with Gasteiger partial charge in [0, 0.05) is 24.7 Å². The highest BCUT2D eigenvalue weighted by Crippen LogP contribution is 2.33. The molecule has 3 nitrogen and oxygen atoms in total. The first kappa shape index (κ1) is 15.8. The molecule has 0 unspecified atom stereocenters. The van der Waals surface area contributed by atoms with Gasteiger partial charge in [-0.05, 0) is 48.7 Å². The minimum Gasteiger partial charge on any atom is -0.497 e. The van der Waals surface area contributed by atoms with Crippen LogP contribution in [0.15, 0.2) is 42.5 Å². The third-order valence-corrected chi connectivity index (χ3v) is 4.22. The average molecular weight is 315 g/mol. The summed E-state index contributed by atoms with van der Waals surface area (Å²) >= 11 is 0. The maximum Gasteiger partial charge on any atom is 0.123 e. The Morgan fingerprint density at radius 3 is 2.35 bits per heavy atom. The number of benzene rings is 2. The van der Waals surface area contributed by atoms with E-state index in [0.717, 1.165) is 35.7 Å². The van der Waals surface area contributed by atoms with Crippen molar-refractivity contribution in [3.05, 3.63) is 59.4 Å². The van der Waals surface area contributed by atoms with E-state index in [1.54, 1.807) is 14.2 Å². The van der Waals surface area contributed by atoms with Gasteiger partial charge in [0.2, 0.25) is 0 Å². The van der Waals surface area contributed by atoms with Gasteiger partial charge in [-0.1, -0.05) is 12.1 Å². The SMILES string of the molecule is COc1ccc(OC)c(CN(Cc2ccc(F)cc2)C2CC2)c1.